The molecule has 1 unspecified atom stereocenters. The zero-order valence-electron chi connectivity index (χ0n) is 21.2. The Kier molecular flexibility index (Phi) is 7.25. The molecule has 3 aromatic rings. The maximum absolute atomic E-state index is 12.8. The molecule has 5 N–H and O–H groups in total. The summed E-state index contributed by atoms with van der Waals surface area (Å²) in [6.45, 7) is 2.03. The molecule has 2 amide bonds. The van der Waals surface area contributed by atoms with Gasteiger partial charge in [-0.2, -0.15) is 0 Å². The lowest BCUT2D eigenvalue weighted by molar-refractivity contribution is -0.120. The highest BCUT2D eigenvalue weighted by molar-refractivity contribution is 5.76. The van der Waals surface area contributed by atoms with Gasteiger partial charge in [-0.1, -0.05) is 18.2 Å². The number of rotatable bonds is 9. The van der Waals surface area contributed by atoms with Gasteiger partial charge in [0.1, 0.15) is 11.5 Å². The maximum Gasteiger partial charge on any atom is 0.255 e. The van der Waals surface area contributed by atoms with Crippen molar-refractivity contribution < 1.29 is 23.8 Å². The molecule has 0 aliphatic carbocycles. The van der Waals surface area contributed by atoms with E-state index in [1.165, 1.54) is 6.07 Å². The number of hydrogen-bond donors (Lipinski definition) is 3. The van der Waals surface area contributed by atoms with Gasteiger partial charge in [0.15, 0.2) is 12.4 Å². The van der Waals surface area contributed by atoms with E-state index in [2.05, 4.69) is 4.90 Å². The quantitative estimate of drug-likeness (QED) is 0.365. The Morgan fingerprint density at radius 1 is 1.05 bits per heavy atom. The first kappa shape index (κ1) is 26.2. The SMILES string of the molecule is NC(=O)COc1cccc(C(CC(N)=O)c2oc(CN3C[C@H]4C[C@@H](C3)c3cccc(=O)n3C4)cc(=O)c2O)c1. The van der Waals surface area contributed by atoms with E-state index < -0.39 is 28.9 Å². The van der Waals surface area contributed by atoms with E-state index in [1.807, 2.05) is 10.6 Å². The van der Waals surface area contributed by atoms with Crippen LogP contribution in [0, 0.1) is 5.92 Å². The topological polar surface area (TPSA) is 171 Å². The third-order valence-electron chi connectivity index (χ3n) is 7.30. The zero-order chi connectivity index (χ0) is 27.7. The number of pyridine rings is 1. The fraction of sp³-hybridized carbons (Fsp3) is 0.357. The number of amides is 2. The zero-order valence-corrected chi connectivity index (χ0v) is 21.2. The first-order valence-electron chi connectivity index (χ1n) is 12.7. The Balaban J connectivity index is 1.43. The van der Waals surface area contributed by atoms with Crippen LogP contribution in [0.25, 0.3) is 0 Å². The number of carbonyl (C=O) groups is 2. The number of nitrogens with zero attached hydrogens (tertiary/aromatic N) is 2. The van der Waals surface area contributed by atoms with Gasteiger partial charge in [0.25, 0.3) is 11.5 Å². The van der Waals surface area contributed by atoms with Crippen LogP contribution in [-0.4, -0.2) is 46.1 Å². The Morgan fingerprint density at radius 2 is 1.85 bits per heavy atom. The predicted octanol–water partition coefficient (Wildman–Crippen LogP) is 0.998. The van der Waals surface area contributed by atoms with E-state index in [0.717, 1.165) is 18.7 Å². The number of nitrogens with two attached hydrogens (primary N) is 2. The van der Waals surface area contributed by atoms with Gasteiger partial charge in [-0.3, -0.25) is 24.1 Å². The van der Waals surface area contributed by atoms with Gasteiger partial charge in [0.2, 0.25) is 17.1 Å². The second-order valence-electron chi connectivity index (χ2n) is 10.2. The summed E-state index contributed by atoms with van der Waals surface area (Å²) in [6.07, 6.45) is 0.748. The van der Waals surface area contributed by atoms with E-state index in [9.17, 15) is 24.3 Å². The van der Waals surface area contributed by atoms with Crippen LogP contribution in [-0.2, 0) is 22.7 Å². The normalized spacial score (nSPS) is 19.2. The number of likely N-dealkylation sites (tertiary alicyclic amines) is 1. The molecule has 0 spiro atoms. The highest BCUT2D eigenvalue weighted by atomic mass is 16.5. The van der Waals surface area contributed by atoms with Gasteiger partial charge in [0, 0.05) is 49.8 Å². The summed E-state index contributed by atoms with van der Waals surface area (Å²) in [5.74, 6) is -1.73. The number of piperidine rings is 1. The number of hydrogen-bond acceptors (Lipinski definition) is 8. The van der Waals surface area contributed by atoms with Crippen molar-refractivity contribution in [3.63, 3.8) is 0 Å². The molecule has 11 heteroatoms. The van der Waals surface area contributed by atoms with Crippen LogP contribution in [0.3, 0.4) is 0 Å². The van der Waals surface area contributed by atoms with Crippen LogP contribution in [0.15, 0.2) is 62.5 Å². The van der Waals surface area contributed by atoms with E-state index >= 15 is 0 Å². The lowest BCUT2D eigenvalue weighted by Gasteiger charge is -2.42. The Labute approximate surface area is 223 Å². The van der Waals surface area contributed by atoms with Crippen molar-refractivity contribution in [1.82, 2.24) is 9.47 Å². The molecule has 2 aromatic heterocycles. The third kappa shape index (κ3) is 5.73. The summed E-state index contributed by atoms with van der Waals surface area (Å²) in [5.41, 5.74) is 11.6. The molecule has 1 aromatic carbocycles. The van der Waals surface area contributed by atoms with Crippen molar-refractivity contribution in [1.29, 1.82) is 0 Å². The average molecular weight is 535 g/mol. The smallest absolute Gasteiger partial charge is 0.255 e. The van der Waals surface area contributed by atoms with E-state index in [0.29, 0.717) is 36.7 Å². The molecule has 0 saturated carbocycles. The highest BCUT2D eigenvalue weighted by Crippen LogP contribution is 2.37. The molecule has 2 aliphatic heterocycles. The molecule has 5 rings (SSSR count). The molecule has 3 atom stereocenters. The summed E-state index contributed by atoms with van der Waals surface area (Å²) >= 11 is 0. The van der Waals surface area contributed by atoms with Gasteiger partial charge in [0.05, 0.1) is 12.5 Å². The molecular formula is C28H30N4O7. The second kappa shape index (κ2) is 10.8. The number of ether oxygens (including phenoxy) is 1. The summed E-state index contributed by atoms with van der Waals surface area (Å²) in [6, 6.07) is 13.1. The Bertz CT molecular complexity index is 1530. The molecule has 2 aliphatic rings. The van der Waals surface area contributed by atoms with Crippen LogP contribution in [0.1, 0.15) is 47.5 Å². The molecule has 1 saturated heterocycles. The Hall–Kier alpha value is -4.38. The number of aromatic hydroxyl groups is 1. The lowest BCUT2D eigenvalue weighted by atomic mass is 9.83. The highest BCUT2D eigenvalue weighted by Gasteiger charge is 2.35. The molecule has 2 bridgehead atoms. The van der Waals surface area contributed by atoms with Crippen molar-refractivity contribution in [2.75, 3.05) is 19.7 Å². The lowest BCUT2D eigenvalue weighted by Crippen LogP contribution is -2.46. The molecular weight excluding hydrogens is 504 g/mol. The minimum atomic E-state index is -0.869. The summed E-state index contributed by atoms with van der Waals surface area (Å²) in [7, 11) is 0. The number of primary amides is 2. The number of benzene rings is 1. The van der Waals surface area contributed by atoms with Crippen LogP contribution in [0.2, 0.25) is 0 Å². The monoisotopic (exact) mass is 534 g/mol. The largest absolute Gasteiger partial charge is 0.502 e. The van der Waals surface area contributed by atoms with E-state index in [4.69, 9.17) is 20.6 Å². The predicted molar refractivity (Wildman–Crippen MR) is 140 cm³/mol. The molecule has 1 fully saturated rings. The first-order valence-corrected chi connectivity index (χ1v) is 12.7. The number of fused-ring (bicyclic) bond motifs is 4. The van der Waals surface area contributed by atoms with Gasteiger partial charge in [-0.15, -0.1) is 0 Å². The molecule has 204 valence electrons. The van der Waals surface area contributed by atoms with Crippen molar-refractivity contribution in [3.8, 4) is 11.5 Å². The fourth-order valence-corrected chi connectivity index (χ4v) is 5.75. The molecule has 39 heavy (non-hydrogen) atoms. The van der Waals surface area contributed by atoms with Crippen molar-refractivity contribution in [2.24, 2.45) is 17.4 Å². The molecule has 0 radical (unpaired) electrons. The molecule has 11 nitrogen and oxygen atoms in total. The van der Waals surface area contributed by atoms with Crippen LogP contribution >= 0.6 is 0 Å². The fourth-order valence-electron chi connectivity index (χ4n) is 5.75. The van der Waals surface area contributed by atoms with Gasteiger partial charge in [-0.05, 0) is 36.1 Å². The number of carbonyl (C=O) groups excluding carboxylic acids is 2. The average Bonchev–Trinajstić information content (AvgIpc) is 2.89. The minimum absolute atomic E-state index is 0.00871. The minimum Gasteiger partial charge on any atom is -0.502 e. The standard InChI is InChI=1S/C28H30N4O7/c29-24(34)10-21(17-3-1-4-19(8-17)38-15-25(30)35)28-27(37)23(33)9-20(39-28)14-31-11-16-7-18(13-31)22-5-2-6-26(36)32(22)12-16/h1-6,8-9,16,18,21,37H,7,10-15H2,(H2,29,34)(H2,30,35)/t16-,18+,21?/m1/s1. The van der Waals surface area contributed by atoms with E-state index in [1.54, 1.807) is 36.4 Å². The van der Waals surface area contributed by atoms with Crippen molar-refractivity contribution in [2.45, 2.75) is 37.8 Å². The van der Waals surface area contributed by atoms with E-state index in [-0.39, 0.29) is 36.2 Å². The first-order chi connectivity index (χ1) is 18.7. The van der Waals surface area contributed by atoms with Crippen LogP contribution < -0.4 is 27.2 Å². The third-order valence-corrected chi connectivity index (χ3v) is 7.30. The maximum atomic E-state index is 12.8. The van der Waals surface area contributed by atoms with Crippen LogP contribution in [0.5, 0.6) is 11.5 Å². The number of aromatic nitrogens is 1. The van der Waals surface area contributed by atoms with Gasteiger partial charge >= 0.3 is 0 Å². The van der Waals surface area contributed by atoms with Crippen molar-refractivity contribution >= 4 is 11.8 Å². The summed E-state index contributed by atoms with van der Waals surface area (Å²) < 4.78 is 13.3. The van der Waals surface area contributed by atoms with Gasteiger partial charge in [-0.25, -0.2) is 0 Å². The van der Waals surface area contributed by atoms with Crippen molar-refractivity contribution in [3.05, 3.63) is 91.9 Å². The van der Waals surface area contributed by atoms with Gasteiger partial charge < -0.3 is 30.3 Å². The second-order valence-corrected chi connectivity index (χ2v) is 10.2. The summed E-state index contributed by atoms with van der Waals surface area (Å²) in [4.78, 5) is 50.4. The molecule has 4 heterocycles. The summed E-state index contributed by atoms with van der Waals surface area (Å²) in [5, 5.41) is 10.7. The van der Waals surface area contributed by atoms with Crippen LogP contribution in [0.4, 0.5) is 0 Å². The Morgan fingerprint density at radius 3 is 2.62 bits per heavy atom.